The summed E-state index contributed by atoms with van der Waals surface area (Å²) in [6.07, 6.45) is 0.0287. The fraction of sp³-hybridized carbons (Fsp3) is 0.833. The van der Waals surface area contributed by atoms with Crippen molar-refractivity contribution in [3.8, 4) is 0 Å². The lowest BCUT2D eigenvalue weighted by molar-refractivity contribution is -0.114. The van der Waals surface area contributed by atoms with E-state index < -0.39 is 12.0 Å². The molecule has 1 heterocycles. The lowest BCUT2D eigenvalue weighted by Gasteiger charge is -2.26. The van der Waals surface area contributed by atoms with Gasteiger partial charge in [0.1, 0.15) is 6.29 Å². The van der Waals surface area contributed by atoms with Crippen LogP contribution in [0.25, 0.3) is 0 Å². The summed E-state index contributed by atoms with van der Waals surface area (Å²) in [5, 5.41) is 2.68. The number of nitrogens with one attached hydrogen (secondary N) is 1. The molecule has 0 radical (unpaired) electrons. The molecule has 1 aliphatic rings. The first kappa shape index (κ1) is 7.60. The topological polar surface area (TPSA) is 29.1 Å². The third-order valence-electron chi connectivity index (χ3n) is 1.58. The standard InChI is InChI=1S/C6H9F2NO/c7-6(8)1-2-9-5(3-6)4-10/h4-5,9H,1-3H2. The van der Waals surface area contributed by atoms with Gasteiger partial charge in [0.2, 0.25) is 0 Å². The highest BCUT2D eigenvalue weighted by molar-refractivity contribution is 5.57. The predicted octanol–water partition coefficient (Wildman–Crippen LogP) is 0.573. The van der Waals surface area contributed by atoms with Crippen LogP contribution in [0.1, 0.15) is 12.8 Å². The summed E-state index contributed by atoms with van der Waals surface area (Å²) >= 11 is 0. The Bertz CT molecular complexity index is 138. The monoisotopic (exact) mass is 149 g/mol. The SMILES string of the molecule is O=CC1CC(F)(F)CCN1. The molecule has 1 rings (SSSR count). The van der Waals surface area contributed by atoms with Crippen LogP contribution in [0, 0.1) is 0 Å². The molecule has 0 saturated carbocycles. The van der Waals surface area contributed by atoms with E-state index in [4.69, 9.17) is 0 Å². The van der Waals surface area contributed by atoms with Crippen LogP contribution in [0.4, 0.5) is 8.78 Å². The molecule has 1 atom stereocenters. The Labute approximate surface area is 57.6 Å². The minimum Gasteiger partial charge on any atom is -0.307 e. The number of halogens is 2. The second-order valence-corrected chi connectivity index (χ2v) is 2.51. The molecule has 0 amide bonds. The van der Waals surface area contributed by atoms with Gasteiger partial charge in [-0.25, -0.2) is 8.78 Å². The zero-order valence-corrected chi connectivity index (χ0v) is 5.44. The Morgan fingerprint density at radius 1 is 1.60 bits per heavy atom. The van der Waals surface area contributed by atoms with E-state index in [1.54, 1.807) is 0 Å². The highest BCUT2D eigenvalue weighted by Gasteiger charge is 2.35. The number of rotatable bonds is 1. The smallest absolute Gasteiger partial charge is 0.251 e. The maximum Gasteiger partial charge on any atom is 0.251 e. The fourth-order valence-electron chi connectivity index (χ4n) is 1.03. The lowest BCUT2D eigenvalue weighted by atomic mass is 10.0. The van der Waals surface area contributed by atoms with Gasteiger partial charge in [-0.2, -0.15) is 0 Å². The second kappa shape index (κ2) is 2.62. The second-order valence-electron chi connectivity index (χ2n) is 2.51. The van der Waals surface area contributed by atoms with Crippen molar-refractivity contribution in [2.75, 3.05) is 6.54 Å². The van der Waals surface area contributed by atoms with Crippen molar-refractivity contribution in [1.29, 1.82) is 0 Å². The van der Waals surface area contributed by atoms with Crippen LogP contribution in [0.2, 0.25) is 0 Å². The first-order chi connectivity index (χ1) is 4.64. The maximum absolute atomic E-state index is 12.4. The highest BCUT2D eigenvalue weighted by atomic mass is 19.3. The van der Waals surface area contributed by atoms with Crippen LogP contribution in [-0.4, -0.2) is 24.8 Å². The van der Waals surface area contributed by atoms with Crippen molar-refractivity contribution in [3.05, 3.63) is 0 Å². The number of aldehydes is 1. The molecular weight excluding hydrogens is 140 g/mol. The third-order valence-corrected chi connectivity index (χ3v) is 1.58. The largest absolute Gasteiger partial charge is 0.307 e. The van der Waals surface area contributed by atoms with Gasteiger partial charge in [-0.15, -0.1) is 0 Å². The molecule has 0 aliphatic carbocycles. The summed E-state index contributed by atoms with van der Waals surface area (Å²) in [7, 11) is 0. The number of hydrogen-bond acceptors (Lipinski definition) is 2. The van der Waals surface area contributed by atoms with E-state index in [0.29, 0.717) is 6.29 Å². The van der Waals surface area contributed by atoms with Crippen LogP contribution in [0.3, 0.4) is 0 Å². The van der Waals surface area contributed by atoms with Gasteiger partial charge >= 0.3 is 0 Å². The molecule has 1 unspecified atom stereocenters. The lowest BCUT2D eigenvalue weighted by Crippen LogP contribution is -2.44. The highest BCUT2D eigenvalue weighted by Crippen LogP contribution is 2.26. The van der Waals surface area contributed by atoms with Crippen molar-refractivity contribution in [3.63, 3.8) is 0 Å². The molecule has 4 heteroatoms. The molecule has 0 aromatic heterocycles. The van der Waals surface area contributed by atoms with Gasteiger partial charge in [0.05, 0.1) is 6.04 Å². The third kappa shape index (κ3) is 1.73. The van der Waals surface area contributed by atoms with Gasteiger partial charge in [-0.1, -0.05) is 0 Å². The van der Waals surface area contributed by atoms with E-state index in [0.717, 1.165) is 0 Å². The maximum atomic E-state index is 12.4. The summed E-state index contributed by atoms with van der Waals surface area (Å²) < 4.78 is 24.9. The van der Waals surface area contributed by atoms with E-state index in [-0.39, 0.29) is 19.4 Å². The van der Waals surface area contributed by atoms with Crippen LogP contribution >= 0.6 is 0 Å². The molecule has 0 aromatic rings. The summed E-state index contributed by atoms with van der Waals surface area (Å²) in [6, 6.07) is -0.649. The first-order valence-corrected chi connectivity index (χ1v) is 3.20. The van der Waals surface area contributed by atoms with E-state index in [1.807, 2.05) is 0 Å². The van der Waals surface area contributed by atoms with Crippen molar-refractivity contribution >= 4 is 6.29 Å². The Balaban J connectivity index is 2.47. The summed E-state index contributed by atoms with van der Waals surface area (Å²) in [4.78, 5) is 10.1. The summed E-state index contributed by atoms with van der Waals surface area (Å²) in [5.74, 6) is -2.64. The van der Waals surface area contributed by atoms with Crippen LogP contribution in [-0.2, 0) is 4.79 Å². The van der Waals surface area contributed by atoms with Gasteiger partial charge in [-0.05, 0) is 0 Å². The molecule has 1 aliphatic heterocycles. The predicted molar refractivity (Wildman–Crippen MR) is 32.0 cm³/mol. The fourth-order valence-corrected chi connectivity index (χ4v) is 1.03. The number of carbonyl (C=O) groups is 1. The van der Waals surface area contributed by atoms with Crippen molar-refractivity contribution < 1.29 is 13.6 Å². The van der Waals surface area contributed by atoms with Crippen molar-refractivity contribution in [2.45, 2.75) is 24.8 Å². The van der Waals surface area contributed by atoms with Crippen LogP contribution < -0.4 is 5.32 Å². The van der Waals surface area contributed by atoms with Crippen molar-refractivity contribution in [1.82, 2.24) is 5.32 Å². The number of hydrogen-bond donors (Lipinski definition) is 1. The zero-order chi connectivity index (χ0) is 7.61. The molecule has 0 bridgehead atoms. The molecule has 1 saturated heterocycles. The van der Waals surface area contributed by atoms with E-state index in [9.17, 15) is 13.6 Å². The van der Waals surface area contributed by atoms with Gasteiger partial charge in [0.25, 0.3) is 5.92 Å². The quantitative estimate of drug-likeness (QED) is 0.552. The number of carbonyl (C=O) groups excluding carboxylic acids is 1. The number of piperidine rings is 1. The van der Waals surface area contributed by atoms with Gasteiger partial charge < -0.3 is 10.1 Å². The molecule has 1 fully saturated rings. The van der Waals surface area contributed by atoms with Crippen LogP contribution in [0.15, 0.2) is 0 Å². The molecule has 10 heavy (non-hydrogen) atoms. The van der Waals surface area contributed by atoms with E-state index in [1.165, 1.54) is 0 Å². The molecule has 58 valence electrons. The minimum atomic E-state index is -2.64. The zero-order valence-electron chi connectivity index (χ0n) is 5.44. The average molecular weight is 149 g/mol. The Kier molecular flexibility index (Phi) is 1.99. The normalized spacial score (nSPS) is 31.6. The molecular formula is C6H9F2NO. The summed E-state index contributed by atoms with van der Waals surface area (Å²) in [5.41, 5.74) is 0. The van der Waals surface area contributed by atoms with Crippen LogP contribution in [0.5, 0.6) is 0 Å². The Hall–Kier alpha value is -0.510. The summed E-state index contributed by atoms with van der Waals surface area (Å²) in [6.45, 7) is 0.233. The van der Waals surface area contributed by atoms with Gasteiger partial charge in [0.15, 0.2) is 0 Å². The average Bonchev–Trinajstić information content (AvgIpc) is 1.86. The molecule has 2 nitrogen and oxygen atoms in total. The minimum absolute atomic E-state index is 0.155. The molecule has 0 spiro atoms. The van der Waals surface area contributed by atoms with Gasteiger partial charge in [-0.3, -0.25) is 0 Å². The van der Waals surface area contributed by atoms with E-state index >= 15 is 0 Å². The molecule has 0 aromatic carbocycles. The first-order valence-electron chi connectivity index (χ1n) is 3.20. The van der Waals surface area contributed by atoms with Gasteiger partial charge in [0, 0.05) is 19.4 Å². The Morgan fingerprint density at radius 3 is 2.70 bits per heavy atom. The molecule has 1 N–H and O–H groups in total. The number of alkyl halides is 2. The van der Waals surface area contributed by atoms with E-state index in [2.05, 4.69) is 5.32 Å². The Morgan fingerprint density at radius 2 is 2.30 bits per heavy atom. The van der Waals surface area contributed by atoms with Crippen molar-refractivity contribution in [2.24, 2.45) is 0 Å².